The normalized spacial score (nSPS) is 17.2. The van der Waals surface area contributed by atoms with Crippen molar-refractivity contribution in [2.45, 2.75) is 12.3 Å². The van der Waals surface area contributed by atoms with Crippen molar-refractivity contribution in [2.24, 2.45) is 5.73 Å². The van der Waals surface area contributed by atoms with Crippen molar-refractivity contribution in [3.05, 3.63) is 41.7 Å². The predicted molar refractivity (Wildman–Crippen MR) is 90.5 cm³/mol. The van der Waals surface area contributed by atoms with Gasteiger partial charge in [0.1, 0.15) is 0 Å². The van der Waals surface area contributed by atoms with Crippen LogP contribution in [0.4, 0.5) is 5.95 Å². The summed E-state index contributed by atoms with van der Waals surface area (Å²) in [5, 5.41) is 3.38. The quantitative estimate of drug-likeness (QED) is 0.891. The molecule has 1 atom stereocenters. The van der Waals surface area contributed by atoms with Gasteiger partial charge in [0.25, 0.3) is 0 Å². The lowest BCUT2D eigenvalue weighted by Crippen LogP contribution is -2.16. The number of amides is 1. The number of carbonyl (C=O) groups is 1. The highest BCUT2D eigenvalue weighted by molar-refractivity contribution is 5.94. The highest BCUT2D eigenvalue weighted by Crippen LogP contribution is 2.32. The summed E-state index contributed by atoms with van der Waals surface area (Å²) >= 11 is 0. The number of hydrogen-bond acceptors (Lipinski definition) is 5. The minimum atomic E-state index is -0.429. The van der Waals surface area contributed by atoms with Crippen molar-refractivity contribution >= 4 is 11.9 Å². The summed E-state index contributed by atoms with van der Waals surface area (Å²) in [6, 6.07) is 7.33. The van der Waals surface area contributed by atoms with Gasteiger partial charge >= 0.3 is 0 Å². The smallest absolute Gasteiger partial charge is 0.248 e. The van der Waals surface area contributed by atoms with E-state index >= 15 is 0 Å². The van der Waals surface area contributed by atoms with Gasteiger partial charge in [0.2, 0.25) is 11.9 Å². The molecule has 23 heavy (non-hydrogen) atoms. The largest absolute Gasteiger partial charge is 0.366 e. The topological polar surface area (TPSA) is 84.1 Å². The van der Waals surface area contributed by atoms with Gasteiger partial charge < -0.3 is 16.0 Å². The summed E-state index contributed by atoms with van der Waals surface area (Å²) in [7, 11) is 3.86. The maximum atomic E-state index is 11.4. The van der Waals surface area contributed by atoms with Gasteiger partial charge in [-0.1, -0.05) is 12.1 Å². The number of carbonyl (C=O) groups excluding carboxylic acids is 1. The highest BCUT2D eigenvalue weighted by atomic mass is 16.1. The molecular formula is C17H21N5O. The van der Waals surface area contributed by atoms with Crippen LogP contribution in [-0.2, 0) is 0 Å². The van der Waals surface area contributed by atoms with Gasteiger partial charge in [-0.15, -0.1) is 0 Å². The minimum Gasteiger partial charge on any atom is -0.366 e. The Bertz CT molecular complexity index is 723. The van der Waals surface area contributed by atoms with Crippen molar-refractivity contribution in [2.75, 3.05) is 32.1 Å². The fourth-order valence-corrected chi connectivity index (χ4v) is 2.86. The molecule has 1 aromatic carbocycles. The third-order valence-corrected chi connectivity index (χ3v) is 4.11. The fraction of sp³-hybridized carbons (Fsp3) is 0.353. The molecule has 6 heteroatoms. The van der Waals surface area contributed by atoms with Crippen molar-refractivity contribution in [1.82, 2.24) is 15.3 Å². The molecule has 1 aromatic heterocycles. The summed E-state index contributed by atoms with van der Waals surface area (Å²) < 4.78 is 0. The van der Waals surface area contributed by atoms with Gasteiger partial charge in [-0.25, -0.2) is 9.97 Å². The lowest BCUT2D eigenvalue weighted by Gasteiger charge is -2.18. The number of nitrogens with two attached hydrogens (primary N) is 1. The molecule has 0 bridgehead atoms. The van der Waals surface area contributed by atoms with Gasteiger partial charge in [0.15, 0.2) is 0 Å². The number of nitrogens with zero attached hydrogens (tertiary/aromatic N) is 3. The molecule has 1 aliphatic rings. The standard InChI is InChI=1S/C17H21N5O/c1-22(2)17-20-10-14(15(21-17)13-6-7-19-9-13)11-4-3-5-12(8-11)16(18)23/h3-5,8,10,13,19H,6-7,9H2,1-2H3,(H2,18,23). The number of hydrogen-bond donors (Lipinski definition) is 2. The van der Waals surface area contributed by atoms with Crippen molar-refractivity contribution < 1.29 is 4.79 Å². The van der Waals surface area contributed by atoms with Crippen LogP contribution >= 0.6 is 0 Å². The van der Waals surface area contributed by atoms with Crippen molar-refractivity contribution in [3.8, 4) is 11.1 Å². The number of primary amides is 1. The molecule has 1 saturated heterocycles. The van der Waals surface area contributed by atoms with Gasteiger partial charge in [-0.05, 0) is 30.7 Å². The maximum absolute atomic E-state index is 11.4. The third-order valence-electron chi connectivity index (χ3n) is 4.11. The fourth-order valence-electron chi connectivity index (χ4n) is 2.86. The van der Waals surface area contributed by atoms with Crippen LogP contribution in [-0.4, -0.2) is 43.1 Å². The molecule has 0 saturated carbocycles. The van der Waals surface area contributed by atoms with E-state index in [1.54, 1.807) is 6.07 Å². The number of anilines is 1. The Morgan fingerprint density at radius 2 is 2.22 bits per heavy atom. The molecule has 1 unspecified atom stereocenters. The second-order valence-electron chi connectivity index (χ2n) is 6.00. The Labute approximate surface area is 135 Å². The molecule has 6 nitrogen and oxygen atoms in total. The second-order valence-corrected chi connectivity index (χ2v) is 6.00. The van der Waals surface area contributed by atoms with Crippen LogP contribution in [0.25, 0.3) is 11.1 Å². The zero-order chi connectivity index (χ0) is 16.4. The SMILES string of the molecule is CN(C)c1ncc(-c2cccc(C(N)=O)c2)c(C2CCNC2)n1. The van der Waals surface area contributed by atoms with Crippen LogP contribution in [0.3, 0.4) is 0 Å². The zero-order valence-corrected chi connectivity index (χ0v) is 13.4. The monoisotopic (exact) mass is 311 g/mol. The summed E-state index contributed by atoms with van der Waals surface area (Å²) in [6.45, 7) is 1.90. The van der Waals surface area contributed by atoms with E-state index in [0.717, 1.165) is 36.3 Å². The first kappa shape index (κ1) is 15.4. The van der Waals surface area contributed by atoms with Crippen LogP contribution in [0.2, 0.25) is 0 Å². The highest BCUT2D eigenvalue weighted by Gasteiger charge is 2.23. The second kappa shape index (κ2) is 6.34. The zero-order valence-electron chi connectivity index (χ0n) is 13.4. The van der Waals surface area contributed by atoms with Crippen LogP contribution in [0, 0.1) is 0 Å². The van der Waals surface area contributed by atoms with Crippen LogP contribution < -0.4 is 16.0 Å². The number of rotatable bonds is 4. The van der Waals surface area contributed by atoms with E-state index in [2.05, 4.69) is 10.3 Å². The Morgan fingerprint density at radius 3 is 2.87 bits per heavy atom. The molecule has 3 rings (SSSR count). The van der Waals surface area contributed by atoms with Gasteiger partial charge in [-0.2, -0.15) is 0 Å². The minimum absolute atomic E-state index is 0.351. The number of nitrogens with one attached hydrogen (secondary N) is 1. The summed E-state index contributed by atoms with van der Waals surface area (Å²) in [5.74, 6) is 0.618. The van der Waals surface area contributed by atoms with E-state index in [9.17, 15) is 4.79 Å². The summed E-state index contributed by atoms with van der Waals surface area (Å²) in [4.78, 5) is 22.5. The lowest BCUT2D eigenvalue weighted by molar-refractivity contribution is 0.100. The number of aromatic nitrogens is 2. The molecule has 1 amide bonds. The molecular weight excluding hydrogens is 290 g/mol. The maximum Gasteiger partial charge on any atom is 0.248 e. The first-order chi connectivity index (χ1) is 11.1. The van der Waals surface area contributed by atoms with E-state index in [-0.39, 0.29) is 0 Å². The molecule has 0 spiro atoms. The van der Waals surface area contributed by atoms with E-state index in [1.165, 1.54) is 0 Å². The van der Waals surface area contributed by atoms with Gasteiger partial charge in [-0.3, -0.25) is 4.79 Å². The molecule has 3 N–H and O–H groups in total. The van der Waals surface area contributed by atoms with Gasteiger partial charge in [0, 0.05) is 43.9 Å². The van der Waals surface area contributed by atoms with E-state index in [1.807, 2.05) is 43.4 Å². The van der Waals surface area contributed by atoms with Crippen LogP contribution in [0.5, 0.6) is 0 Å². The van der Waals surface area contributed by atoms with Crippen molar-refractivity contribution in [3.63, 3.8) is 0 Å². The van der Waals surface area contributed by atoms with E-state index in [0.29, 0.717) is 17.4 Å². The summed E-state index contributed by atoms with van der Waals surface area (Å²) in [5.41, 5.74) is 8.81. The predicted octanol–water partition coefficient (Wildman–Crippen LogP) is 1.39. The Kier molecular flexibility index (Phi) is 4.25. The Balaban J connectivity index is 2.10. The molecule has 1 fully saturated rings. The molecule has 120 valence electrons. The Morgan fingerprint density at radius 1 is 1.39 bits per heavy atom. The lowest BCUT2D eigenvalue weighted by atomic mass is 9.95. The van der Waals surface area contributed by atoms with E-state index < -0.39 is 5.91 Å². The van der Waals surface area contributed by atoms with Crippen LogP contribution in [0.1, 0.15) is 28.4 Å². The molecule has 0 radical (unpaired) electrons. The third kappa shape index (κ3) is 3.17. The number of benzene rings is 1. The van der Waals surface area contributed by atoms with E-state index in [4.69, 9.17) is 10.7 Å². The molecule has 1 aliphatic heterocycles. The average molecular weight is 311 g/mol. The summed E-state index contributed by atoms with van der Waals surface area (Å²) in [6.07, 6.45) is 2.89. The molecule has 0 aliphatic carbocycles. The molecule has 2 heterocycles. The average Bonchev–Trinajstić information content (AvgIpc) is 3.08. The first-order valence-electron chi connectivity index (χ1n) is 7.71. The molecule has 2 aromatic rings. The van der Waals surface area contributed by atoms with Gasteiger partial charge in [0.05, 0.1) is 5.69 Å². The van der Waals surface area contributed by atoms with Crippen molar-refractivity contribution in [1.29, 1.82) is 0 Å². The van der Waals surface area contributed by atoms with Crippen LogP contribution in [0.15, 0.2) is 30.5 Å². The Hall–Kier alpha value is -2.47. The first-order valence-corrected chi connectivity index (χ1v) is 7.71.